The van der Waals surface area contributed by atoms with E-state index >= 15 is 0 Å². The SMILES string of the molecule is Cc1noc(C)c1C(C)NCc1ccc(OCC#N)cc1. The van der Waals surface area contributed by atoms with Crippen LogP contribution in [0.2, 0.25) is 0 Å². The molecule has 110 valence electrons. The summed E-state index contributed by atoms with van der Waals surface area (Å²) in [6.45, 7) is 6.78. The molecule has 0 radical (unpaired) electrons. The molecular formula is C16H19N3O2. The molecule has 2 rings (SSSR count). The topological polar surface area (TPSA) is 71.1 Å². The summed E-state index contributed by atoms with van der Waals surface area (Å²) in [6, 6.07) is 9.83. The third-order valence-corrected chi connectivity index (χ3v) is 3.36. The van der Waals surface area contributed by atoms with Crippen molar-refractivity contribution < 1.29 is 9.26 Å². The van der Waals surface area contributed by atoms with Crippen molar-refractivity contribution in [2.45, 2.75) is 33.4 Å². The third kappa shape index (κ3) is 3.83. The Balaban J connectivity index is 1.92. The third-order valence-electron chi connectivity index (χ3n) is 3.36. The molecule has 21 heavy (non-hydrogen) atoms. The van der Waals surface area contributed by atoms with Gasteiger partial charge in [-0.3, -0.25) is 0 Å². The minimum Gasteiger partial charge on any atom is -0.479 e. The predicted molar refractivity (Wildman–Crippen MR) is 78.8 cm³/mol. The number of rotatable bonds is 6. The summed E-state index contributed by atoms with van der Waals surface area (Å²) in [6.07, 6.45) is 0. The van der Waals surface area contributed by atoms with Gasteiger partial charge in [0, 0.05) is 18.2 Å². The molecule has 0 saturated heterocycles. The van der Waals surface area contributed by atoms with Gasteiger partial charge in [-0.15, -0.1) is 0 Å². The van der Waals surface area contributed by atoms with Crippen molar-refractivity contribution in [2.24, 2.45) is 0 Å². The van der Waals surface area contributed by atoms with Crippen LogP contribution in [0.15, 0.2) is 28.8 Å². The summed E-state index contributed by atoms with van der Waals surface area (Å²) in [7, 11) is 0. The molecule has 0 spiro atoms. The second-order valence-corrected chi connectivity index (χ2v) is 4.93. The lowest BCUT2D eigenvalue weighted by atomic mass is 10.1. The van der Waals surface area contributed by atoms with Crippen molar-refractivity contribution in [3.8, 4) is 11.8 Å². The van der Waals surface area contributed by atoms with E-state index < -0.39 is 0 Å². The molecule has 5 heteroatoms. The fourth-order valence-corrected chi connectivity index (χ4v) is 2.30. The Bertz CT molecular complexity index is 606. The van der Waals surface area contributed by atoms with Gasteiger partial charge < -0.3 is 14.6 Å². The first-order valence-electron chi connectivity index (χ1n) is 6.86. The lowest BCUT2D eigenvalue weighted by Gasteiger charge is -2.14. The average molecular weight is 285 g/mol. The Kier molecular flexibility index (Phi) is 4.96. The number of aryl methyl sites for hydroxylation is 2. The fraction of sp³-hybridized carbons (Fsp3) is 0.375. The Morgan fingerprint density at radius 1 is 1.33 bits per heavy atom. The zero-order chi connectivity index (χ0) is 15.2. The molecule has 5 nitrogen and oxygen atoms in total. The van der Waals surface area contributed by atoms with Gasteiger partial charge in [0.25, 0.3) is 0 Å². The number of hydrogen-bond acceptors (Lipinski definition) is 5. The molecule has 0 aliphatic carbocycles. The van der Waals surface area contributed by atoms with Gasteiger partial charge >= 0.3 is 0 Å². The molecule has 1 unspecified atom stereocenters. The van der Waals surface area contributed by atoms with Crippen LogP contribution >= 0.6 is 0 Å². The zero-order valence-corrected chi connectivity index (χ0v) is 12.5. The molecule has 0 fully saturated rings. The van der Waals surface area contributed by atoms with Gasteiger partial charge in [-0.2, -0.15) is 5.26 Å². The first-order chi connectivity index (χ1) is 10.1. The molecule has 0 amide bonds. The second kappa shape index (κ2) is 6.91. The summed E-state index contributed by atoms with van der Waals surface area (Å²) in [5, 5.41) is 15.9. The van der Waals surface area contributed by atoms with Crippen LogP contribution in [0, 0.1) is 25.2 Å². The molecule has 1 aromatic carbocycles. The van der Waals surface area contributed by atoms with E-state index in [1.165, 1.54) is 0 Å². The quantitative estimate of drug-likeness (QED) is 0.883. The lowest BCUT2D eigenvalue weighted by Crippen LogP contribution is -2.19. The summed E-state index contributed by atoms with van der Waals surface area (Å²) in [5.41, 5.74) is 3.19. The van der Waals surface area contributed by atoms with Crippen LogP contribution in [-0.2, 0) is 6.54 Å². The van der Waals surface area contributed by atoms with Crippen LogP contribution in [0.3, 0.4) is 0 Å². The van der Waals surface area contributed by atoms with Gasteiger partial charge in [-0.25, -0.2) is 0 Å². The van der Waals surface area contributed by atoms with Gasteiger partial charge in [-0.1, -0.05) is 17.3 Å². The van der Waals surface area contributed by atoms with Crippen molar-refractivity contribution in [3.63, 3.8) is 0 Å². The maximum absolute atomic E-state index is 8.46. The molecule has 0 aliphatic heterocycles. The molecular weight excluding hydrogens is 266 g/mol. The van der Waals surface area contributed by atoms with Gasteiger partial charge in [0.1, 0.15) is 17.6 Å². The second-order valence-electron chi connectivity index (χ2n) is 4.93. The number of ether oxygens (including phenoxy) is 1. The molecule has 1 N–H and O–H groups in total. The van der Waals surface area contributed by atoms with Crippen LogP contribution in [-0.4, -0.2) is 11.8 Å². The van der Waals surface area contributed by atoms with E-state index in [0.717, 1.165) is 29.1 Å². The number of hydrogen-bond donors (Lipinski definition) is 1. The predicted octanol–water partition coefficient (Wildman–Crippen LogP) is 3.04. The van der Waals surface area contributed by atoms with Crippen molar-refractivity contribution in [3.05, 3.63) is 46.8 Å². The van der Waals surface area contributed by atoms with E-state index in [9.17, 15) is 0 Å². The van der Waals surface area contributed by atoms with Crippen LogP contribution in [0.1, 0.15) is 35.5 Å². The van der Waals surface area contributed by atoms with E-state index in [1.54, 1.807) is 0 Å². The molecule has 0 bridgehead atoms. The van der Waals surface area contributed by atoms with Gasteiger partial charge in [0.15, 0.2) is 6.61 Å². The van der Waals surface area contributed by atoms with Crippen LogP contribution in [0.5, 0.6) is 5.75 Å². The first kappa shape index (κ1) is 15.1. The maximum Gasteiger partial charge on any atom is 0.174 e. The summed E-state index contributed by atoms with van der Waals surface area (Å²) in [4.78, 5) is 0. The largest absolute Gasteiger partial charge is 0.479 e. The standard InChI is InChI=1S/C16H19N3O2/c1-11(16-12(2)19-21-13(16)3)18-10-14-4-6-15(7-5-14)20-9-8-17/h4-7,11,18H,9-10H2,1-3H3. The van der Waals surface area contributed by atoms with Crippen molar-refractivity contribution >= 4 is 0 Å². The molecule has 2 aromatic rings. The number of nitrogens with one attached hydrogen (secondary N) is 1. The van der Waals surface area contributed by atoms with Crippen molar-refractivity contribution in [1.29, 1.82) is 5.26 Å². The highest BCUT2D eigenvalue weighted by atomic mass is 16.5. The van der Waals surface area contributed by atoms with E-state index in [4.69, 9.17) is 14.5 Å². The monoisotopic (exact) mass is 285 g/mol. The minimum absolute atomic E-state index is 0.0701. The van der Waals surface area contributed by atoms with Crippen molar-refractivity contribution in [1.82, 2.24) is 10.5 Å². The number of nitriles is 1. The molecule has 1 atom stereocenters. The summed E-state index contributed by atoms with van der Waals surface area (Å²) in [5.74, 6) is 1.56. The van der Waals surface area contributed by atoms with Gasteiger partial charge in [0.2, 0.25) is 0 Å². The lowest BCUT2D eigenvalue weighted by molar-refractivity contribution is 0.368. The molecule has 1 heterocycles. The first-order valence-corrected chi connectivity index (χ1v) is 6.86. The van der Waals surface area contributed by atoms with Gasteiger partial charge in [0.05, 0.1) is 5.69 Å². The number of nitrogens with zero attached hydrogens (tertiary/aromatic N) is 2. The number of aromatic nitrogens is 1. The van der Waals surface area contributed by atoms with Crippen molar-refractivity contribution in [2.75, 3.05) is 6.61 Å². The van der Waals surface area contributed by atoms with E-state index in [0.29, 0.717) is 5.75 Å². The van der Waals surface area contributed by atoms with E-state index in [-0.39, 0.29) is 12.6 Å². The number of benzene rings is 1. The Morgan fingerprint density at radius 2 is 2.05 bits per heavy atom. The highest BCUT2D eigenvalue weighted by Gasteiger charge is 2.15. The summed E-state index contributed by atoms with van der Waals surface area (Å²) < 4.78 is 10.4. The van der Waals surface area contributed by atoms with Crippen LogP contribution in [0.4, 0.5) is 0 Å². The highest BCUT2D eigenvalue weighted by Crippen LogP contribution is 2.21. The molecule has 1 aromatic heterocycles. The van der Waals surface area contributed by atoms with E-state index in [2.05, 4.69) is 17.4 Å². The Morgan fingerprint density at radius 3 is 2.62 bits per heavy atom. The van der Waals surface area contributed by atoms with E-state index in [1.807, 2.05) is 44.2 Å². The zero-order valence-electron chi connectivity index (χ0n) is 12.5. The molecule has 0 aliphatic rings. The molecule has 0 saturated carbocycles. The maximum atomic E-state index is 8.46. The normalized spacial score (nSPS) is 11.9. The summed E-state index contributed by atoms with van der Waals surface area (Å²) >= 11 is 0. The van der Waals surface area contributed by atoms with Crippen LogP contribution < -0.4 is 10.1 Å². The Labute approximate surface area is 124 Å². The highest BCUT2D eigenvalue weighted by molar-refractivity contribution is 5.28. The average Bonchev–Trinajstić information content (AvgIpc) is 2.83. The Hall–Kier alpha value is -2.32. The van der Waals surface area contributed by atoms with Crippen LogP contribution in [0.25, 0.3) is 0 Å². The minimum atomic E-state index is 0.0701. The smallest absolute Gasteiger partial charge is 0.174 e. The van der Waals surface area contributed by atoms with Gasteiger partial charge in [-0.05, 0) is 38.5 Å². The fourth-order valence-electron chi connectivity index (χ4n) is 2.30.